The Morgan fingerprint density at radius 3 is 2.46 bits per heavy atom. The average Bonchev–Trinajstić information content (AvgIpc) is 2.59. The van der Waals surface area contributed by atoms with Crippen molar-refractivity contribution >= 4 is 23.3 Å². The molecule has 2 saturated heterocycles. The number of rotatable bonds is 3. The third-order valence-corrected chi connectivity index (χ3v) is 5.74. The van der Waals surface area contributed by atoms with Crippen LogP contribution in [0.5, 0.6) is 0 Å². The van der Waals surface area contributed by atoms with Gasteiger partial charge in [0.05, 0.1) is 10.7 Å². The number of nitrogens with one attached hydrogen (secondary N) is 1. The molecule has 24 heavy (non-hydrogen) atoms. The molecule has 1 aromatic carbocycles. The van der Waals surface area contributed by atoms with Crippen LogP contribution in [0.2, 0.25) is 5.02 Å². The second-order valence-electron chi connectivity index (χ2n) is 7.32. The van der Waals surface area contributed by atoms with Crippen LogP contribution in [0.25, 0.3) is 0 Å². The largest absolute Gasteiger partial charge is 0.325 e. The molecule has 0 spiro atoms. The van der Waals surface area contributed by atoms with Gasteiger partial charge in [-0.05, 0) is 62.7 Å². The van der Waals surface area contributed by atoms with Crippen molar-refractivity contribution in [3.63, 3.8) is 0 Å². The predicted octanol–water partition coefficient (Wildman–Crippen LogP) is 4.32. The number of carbonyl (C=O) groups is 1. The van der Waals surface area contributed by atoms with Crippen LogP contribution in [0.3, 0.4) is 0 Å². The van der Waals surface area contributed by atoms with Gasteiger partial charge >= 0.3 is 6.03 Å². The van der Waals surface area contributed by atoms with E-state index >= 15 is 0 Å². The lowest BCUT2D eigenvalue weighted by molar-refractivity contribution is 0.130. The third-order valence-electron chi connectivity index (χ3n) is 5.41. The fraction of sp³-hybridized carbons (Fsp3) is 0.632. The molecule has 2 amide bonds. The van der Waals surface area contributed by atoms with Crippen LogP contribution in [0, 0.1) is 11.8 Å². The Balaban J connectivity index is 1.43. The van der Waals surface area contributed by atoms with Gasteiger partial charge in [-0.1, -0.05) is 30.7 Å². The molecular formula is C19H28ClN3O. The Morgan fingerprint density at radius 1 is 1.12 bits per heavy atom. The molecule has 0 bridgehead atoms. The predicted molar refractivity (Wildman–Crippen MR) is 99.6 cm³/mol. The highest BCUT2D eigenvalue weighted by Gasteiger charge is 2.25. The van der Waals surface area contributed by atoms with E-state index in [4.69, 9.17) is 11.6 Å². The van der Waals surface area contributed by atoms with E-state index in [1.54, 1.807) is 6.07 Å². The summed E-state index contributed by atoms with van der Waals surface area (Å²) in [6, 6.07) is 7.35. The molecule has 0 aliphatic carbocycles. The lowest BCUT2D eigenvalue weighted by Gasteiger charge is -2.37. The molecule has 0 atom stereocenters. The molecule has 2 fully saturated rings. The first-order chi connectivity index (χ1) is 11.6. The number of hydrogen-bond donors (Lipinski definition) is 1. The van der Waals surface area contributed by atoms with Crippen LogP contribution < -0.4 is 5.32 Å². The molecule has 2 heterocycles. The van der Waals surface area contributed by atoms with Crippen molar-refractivity contribution in [2.24, 2.45) is 11.8 Å². The molecule has 5 heteroatoms. The van der Waals surface area contributed by atoms with Gasteiger partial charge in [0.2, 0.25) is 0 Å². The molecule has 0 radical (unpaired) electrons. The van der Waals surface area contributed by atoms with Gasteiger partial charge in [0, 0.05) is 19.6 Å². The Hall–Kier alpha value is -1.26. The van der Waals surface area contributed by atoms with Crippen LogP contribution in [-0.4, -0.2) is 48.6 Å². The van der Waals surface area contributed by atoms with Crippen LogP contribution in [0.4, 0.5) is 10.5 Å². The minimum absolute atomic E-state index is 0.0339. The number of likely N-dealkylation sites (tertiary alicyclic amines) is 2. The number of carbonyl (C=O) groups excluding carboxylic acids is 1. The summed E-state index contributed by atoms with van der Waals surface area (Å²) in [6.07, 6.45) is 4.86. The summed E-state index contributed by atoms with van der Waals surface area (Å²) in [5.74, 6) is 1.61. The molecule has 0 saturated carbocycles. The minimum Gasteiger partial charge on any atom is -0.325 e. The summed E-state index contributed by atoms with van der Waals surface area (Å²) < 4.78 is 0. The molecule has 3 rings (SSSR count). The average molecular weight is 350 g/mol. The van der Waals surface area contributed by atoms with E-state index in [0.717, 1.165) is 37.8 Å². The second kappa shape index (κ2) is 8.21. The van der Waals surface area contributed by atoms with E-state index in [-0.39, 0.29) is 6.03 Å². The van der Waals surface area contributed by atoms with Gasteiger partial charge in [0.25, 0.3) is 0 Å². The second-order valence-corrected chi connectivity index (χ2v) is 7.73. The monoisotopic (exact) mass is 349 g/mol. The summed E-state index contributed by atoms with van der Waals surface area (Å²) in [7, 11) is 0. The van der Waals surface area contributed by atoms with Gasteiger partial charge in [0.1, 0.15) is 0 Å². The van der Waals surface area contributed by atoms with Crippen molar-refractivity contribution in [2.75, 3.05) is 38.0 Å². The van der Waals surface area contributed by atoms with Crippen molar-refractivity contribution in [1.82, 2.24) is 9.80 Å². The van der Waals surface area contributed by atoms with Crippen molar-refractivity contribution in [3.8, 4) is 0 Å². The maximum Gasteiger partial charge on any atom is 0.321 e. The standard InChI is InChI=1S/C19H28ClN3O/c1-15-6-10-22(11-7-15)14-16-8-12-23(13-9-16)19(24)21-18-5-3-2-4-17(18)20/h2-5,15-16H,6-14H2,1H3,(H,21,24). The first-order valence-electron chi connectivity index (χ1n) is 9.14. The normalized spacial score (nSPS) is 21.0. The van der Waals surface area contributed by atoms with E-state index in [9.17, 15) is 4.79 Å². The number of amides is 2. The molecule has 132 valence electrons. The molecular weight excluding hydrogens is 322 g/mol. The van der Waals surface area contributed by atoms with E-state index in [1.165, 1.54) is 32.5 Å². The van der Waals surface area contributed by atoms with Gasteiger partial charge in [-0.2, -0.15) is 0 Å². The number of anilines is 1. The van der Waals surface area contributed by atoms with E-state index in [2.05, 4.69) is 17.1 Å². The van der Waals surface area contributed by atoms with Gasteiger partial charge in [-0.15, -0.1) is 0 Å². The summed E-state index contributed by atoms with van der Waals surface area (Å²) in [6.45, 7) is 7.72. The molecule has 2 aliphatic heterocycles. The smallest absolute Gasteiger partial charge is 0.321 e. The Bertz CT molecular complexity index is 549. The number of para-hydroxylation sites is 1. The SMILES string of the molecule is CC1CCN(CC2CCN(C(=O)Nc3ccccc3Cl)CC2)CC1. The Labute approximate surface area is 150 Å². The number of hydrogen-bond acceptors (Lipinski definition) is 2. The zero-order valence-electron chi connectivity index (χ0n) is 14.5. The van der Waals surface area contributed by atoms with Crippen LogP contribution >= 0.6 is 11.6 Å². The number of halogens is 1. The van der Waals surface area contributed by atoms with Gasteiger partial charge < -0.3 is 15.1 Å². The van der Waals surface area contributed by atoms with Gasteiger partial charge in [-0.3, -0.25) is 0 Å². The van der Waals surface area contributed by atoms with E-state index < -0.39 is 0 Å². The summed E-state index contributed by atoms with van der Waals surface area (Å²) in [5.41, 5.74) is 0.689. The quantitative estimate of drug-likeness (QED) is 0.882. The topological polar surface area (TPSA) is 35.6 Å². The fourth-order valence-corrected chi connectivity index (χ4v) is 3.87. The van der Waals surface area contributed by atoms with Crippen LogP contribution in [-0.2, 0) is 0 Å². The van der Waals surface area contributed by atoms with E-state index in [0.29, 0.717) is 10.7 Å². The van der Waals surface area contributed by atoms with Crippen LogP contribution in [0.15, 0.2) is 24.3 Å². The maximum absolute atomic E-state index is 12.4. The first kappa shape index (κ1) is 17.6. The zero-order chi connectivity index (χ0) is 16.9. The zero-order valence-corrected chi connectivity index (χ0v) is 15.3. The van der Waals surface area contributed by atoms with Crippen molar-refractivity contribution in [1.29, 1.82) is 0 Å². The van der Waals surface area contributed by atoms with E-state index in [1.807, 2.05) is 23.1 Å². The molecule has 0 unspecified atom stereocenters. The fourth-order valence-electron chi connectivity index (χ4n) is 3.69. The first-order valence-corrected chi connectivity index (χ1v) is 9.52. The van der Waals surface area contributed by atoms with Crippen molar-refractivity contribution in [2.45, 2.75) is 32.6 Å². The molecule has 4 nitrogen and oxygen atoms in total. The highest BCUT2D eigenvalue weighted by atomic mass is 35.5. The third kappa shape index (κ3) is 4.64. The maximum atomic E-state index is 12.4. The highest BCUT2D eigenvalue weighted by Crippen LogP contribution is 2.24. The summed E-state index contributed by atoms with van der Waals surface area (Å²) in [5, 5.41) is 3.51. The van der Waals surface area contributed by atoms with Gasteiger partial charge in [-0.25, -0.2) is 4.79 Å². The Kier molecular flexibility index (Phi) is 6.01. The lowest BCUT2D eigenvalue weighted by atomic mass is 9.93. The molecule has 1 N–H and O–H groups in total. The summed E-state index contributed by atoms with van der Waals surface area (Å²) in [4.78, 5) is 16.9. The van der Waals surface area contributed by atoms with Crippen molar-refractivity contribution in [3.05, 3.63) is 29.3 Å². The number of benzene rings is 1. The van der Waals surface area contributed by atoms with Crippen molar-refractivity contribution < 1.29 is 4.79 Å². The number of urea groups is 1. The molecule has 0 aromatic heterocycles. The lowest BCUT2D eigenvalue weighted by Crippen LogP contribution is -2.44. The molecule has 1 aromatic rings. The Morgan fingerprint density at radius 2 is 1.79 bits per heavy atom. The highest BCUT2D eigenvalue weighted by molar-refractivity contribution is 6.33. The van der Waals surface area contributed by atoms with Crippen LogP contribution in [0.1, 0.15) is 32.6 Å². The summed E-state index contributed by atoms with van der Waals surface area (Å²) >= 11 is 6.11. The molecule has 2 aliphatic rings. The number of piperidine rings is 2. The minimum atomic E-state index is -0.0339. The van der Waals surface area contributed by atoms with Gasteiger partial charge in [0.15, 0.2) is 0 Å². The number of nitrogens with zero attached hydrogens (tertiary/aromatic N) is 2.